The smallest absolute Gasteiger partial charge is 0.325 e. The van der Waals surface area contributed by atoms with Crippen molar-refractivity contribution in [3.05, 3.63) is 40.7 Å². The van der Waals surface area contributed by atoms with Crippen molar-refractivity contribution in [2.24, 2.45) is 4.99 Å². The van der Waals surface area contributed by atoms with Crippen molar-refractivity contribution in [3.8, 4) is 0 Å². The first-order valence-corrected chi connectivity index (χ1v) is 9.15. The van der Waals surface area contributed by atoms with E-state index in [1.807, 2.05) is 43.1 Å². The molecule has 0 spiro atoms. The molecule has 0 aliphatic carbocycles. The maximum Gasteiger partial charge on any atom is 0.325 e. The van der Waals surface area contributed by atoms with E-state index in [0.29, 0.717) is 19.0 Å². The largest absolute Gasteiger partial charge is 0.383 e. The summed E-state index contributed by atoms with van der Waals surface area (Å²) >= 11 is 6.17. The number of imide groups is 1. The van der Waals surface area contributed by atoms with E-state index in [1.165, 1.54) is 4.90 Å². The molecule has 3 aliphatic rings. The number of urea groups is 1. The predicted octanol–water partition coefficient (Wildman–Crippen LogP) is 1.79. The molecule has 2 N–H and O–H groups in total. The van der Waals surface area contributed by atoms with Crippen molar-refractivity contribution >= 4 is 35.2 Å². The van der Waals surface area contributed by atoms with Crippen LogP contribution in [-0.2, 0) is 4.79 Å². The minimum Gasteiger partial charge on any atom is -0.383 e. The Morgan fingerprint density at radius 3 is 2.85 bits per heavy atom. The molecule has 142 valence electrons. The number of amides is 3. The van der Waals surface area contributed by atoms with Gasteiger partial charge in [-0.25, -0.2) is 9.79 Å². The summed E-state index contributed by atoms with van der Waals surface area (Å²) in [7, 11) is 1.65. The van der Waals surface area contributed by atoms with Crippen LogP contribution in [0.3, 0.4) is 0 Å². The number of likely N-dealkylation sites (N-methyl/N-ethyl adjacent to an activating group) is 1. The fraction of sp³-hybridized carbons (Fsp3) is 0.389. The van der Waals surface area contributed by atoms with Crippen molar-refractivity contribution < 1.29 is 9.59 Å². The molecule has 0 radical (unpaired) electrons. The Balaban J connectivity index is 1.48. The highest BCUT2D eigenvalue weighted by Crippen LogP contribution is 2.31. The van der Waals surface area contributed by atoms with E-state index in [9.17, 15) is 9.59 Å². The van der Waals surface area contributed by atoms with Gasteiger partial charge in [0.05, 0.1) is 0 Å². The minimum atomic E-state index is -0.522. The maximum absolute atomic E-state index is 12.3. The Morgan fingerprint density at radius 1 is 1.30 bits per heavy atom. The van der Waals surface area contributed by atoms with Crippen LogP contribution in [0.2, 0.25) is 5.02 Å². The molecule has 3 heterocycles. The fourth-order valence-electron chi connectivity index (χ4n) is 3.62. The van der Waals surface area contributed by atoms with Crippen LogP contribution in [0, 0.1) is 6.92 Å². The van der Waals surface area contributed by atoms with Gasteiger partial charge in [-0.1, -0.05) is 17.7 Å². The molecule has 0 bridgehead atoms. The number of carbonyl (C=O) groups is 2. The molecule has 2 atom stereocenters. The number of carbonyl (C=O) groups excluding carboxylic acids is 2. The molecule has 3 amide bonds. The average Bonchev–Trinajstić information content (AvgIpc) is 3.13. The normalized spacial score (nSPS) is 23.8. The predicted molar refractivity (Wildman–Crippen MR) is 103 cm³/mol. The summed E-state index contributed by atoms with van der Waals surface area (Å²) in [4.78, 5) is 34.2. The van der Waals surface area contributed by atoms with Gasteiger partial charge in [-0.3, -0.25) is 10.1 Å². The van der Waals surface area contributed by atoms with Crippen LogP contribution < -0.4 is 10.6 Å². The first kappa shape index (κ1) is 17.7. The van der Waals surface area contributed by atoms with E-state index in [1.54, 1.807) is 7.05 Å². The lowest BCUT2D eigenvalue weighted by atomic mass is 10.1. The van der Waals surface area contributed by atoms with Crippen LogP contribution in [-0.4, -0.2) is 64.9 Å². The summed E-state index contributed by atoms with van der Waals surface area (Å²) in [6.07, 6.45) is 1.41. The number of nitrogens with zero attached hydrogens (tertiary/aromatic N) is 4. The van der Waals surface area contributed by atoms with Crippen molar-refractivity contribution in [3.63, 3.8) is 0 Å². The average molecular weight is 389 g/mol. The van der Waals surface area contributed by atoms with Crippen LogP contribution >= 0.6 is 11.6 Å². The molecule has 1 aromatic carbocycles. The summed E-state index contributed by atoms with van der Waals surface area (Å²) < 4.78 is 0. The maximum atomic E-state index is 12.3. The number of allylic oxidation sites excluding steroid dienone is 1. The highest BCUT2D eigenvalue weighted by molar-refractivity contribution is 6.31. The molecule has 3 aliphatic heterocycles. The summed E-state index contributed by atoms with van der Waals surface area (Å²) in [6, 6.07) is 4.83. The monoisotopic (exact) mass is 388 g/mol. The fourth-order valence-corrected chi connectivity index (χ4v) is 3.80. The Labute approximate surface area is 162 Å². The third kappa shape index (κ3) is 2.80. The summed E-state index contributed by atoms with van der Waals surface area (Å²) in [5.41, 5.74) is 3.01. The zero-order valence-corrected chi connectivity index (χ0v) is 16.1. The molecule has 1 aromatic rings. The van der Waals surface area contributed by atoms with Crippen LogP contribution in [0.25, 0.3) is 0 Å². The van der Waals surface area contributed by atoms with Gasteiger partial charge in [-0.2, -0.15) is 0 Å². The number of hydrogen-bond donors (Lipinski definition) is 2. The van der Waals surface area contributed by atoms with Crippen LogP contribution in [0.15, 0.2) is 35.1 Å². The molecular formula is C18H21ClN6O2. The van der Waals surface area contributed by atoms with E-state index in [2.05, 4.69) is 20.5 Å². The van der Waals surface area contributed by atoms with Gasteiger partial charge < -0.3 is 20.0 Å². The lowest BCUT2D eigenvalue weighted by Crippen LogP contribution is -2.62. The SMILES string of the molecule is CC1=CN2C(=NC3C2C(=O)NC(=O)N3C)N1CCNc1cccc(Cl)c1C. The van der Waals surface area contributed by atoms with Gasteiger partial charge in [0.1, 0.15) is 0 Å². The summed E-state index contributed by atoms with van der Waals surface area (Å²) in [5, 5.41) is 6.51. The van der Waals surface area contributed by atoms with Gasteiger partial charge in [0.25, 0.3) is 5.91 Å². The highest BCUT2D eigenvalue weighted by Gasteiger charge is 2.51. The van der Waals surface area contributed by atoms with E-state index in [4.69, 9.17) is 11.6 Å². The second kappa shape index (κ2) is 6.45. The zero-order chi connectivity index (χ0) is 19.3. The first-order chi connectivity index (χ1) is 12.9. The van der Waals surface area contributed by atoms with Crippen molar-refractivity contribution in [2.75, 3.05) is 25.5 Å². The number of benzene rings is 1. The van der Waals surface area contributed by atoms with Gasteiger partial charge in [-0.05, 0) is 31.5 Å². The van der Waals surface area contributed by atoms with Gasteiger partial charge in [0, 0.05) is 42.7 Å². The first-order valence-electron chi connectivity index (χ1n) is 8.77. The lowest BCUT2D eigenvalue weighted by Gasteiger charge is -2.34. The topological polar surface area (TPSA) is 80.3 Å². The number of rotatable bonds is 4. The molecule has 0 aromatic heterocycles. The zero-order valence-electron chi connectivity index (χ0n) is 15.4. The van der Waals surface area contributed by atoms with Crippen LogP contribution in [0.1, 0.15) is 12.5 Å². The quantitative estimate of drug-likeness (QED) is 0.822. The van der Waals surface area contributed by atoms with Gasteiger partial charge in [0.15, 0.2) is 12.2 Å². The highest BCUT2D eigenvalue weighted by atomic mass is 35.5. The van der Waals surface area contributed by atoms with Crippen LogP contribution in [0.4, 0.5) is 10.5 Å². The van der Waals surface area contributed by atoms with Crippen molar-refractivity contribution in [1.29, 1.82) is 0 Å². The molecular weight excluding hydrogens is 368 g/mol. The number of aliphatic imine (C=N–C) groups is 1. The van der Waals surface area contributed by atoms with Crippen LogP contribution in [0.5, 0.6) is 0 Å². The molecule has 2 unspecified atom stereocenters. The second-order valence-corrected chi connectivity index (χ2v) is 7.27. The Hall–Kier alpha value is -2.74. The number of nitrogens with one attached hydrogen (secondary N) is 2. The third-order valence-corrected chi connectivity index (χ3v) is 5.60. The number of guanidine groups is 1. The Morgan fingerprint density at radius 2 is 2.07 bits per heavy atom. The van der Waals surface area contributed by atoms with E-state index >= 15 is 0 Å². The summed E-state index contributed by atoms with van der Waals surface area (Å²) in [6.45, 7) is 5.30. The van der Waals surface area contributed by atoms with E-state index < -0.39 is 18.2 Å². The Bertz CT molecular complexity index is 883. The molecule has 27 heavy (non-hydrogen) atoms. The van der Waals surface area contributed by atoms with Gasteiger partial charge in [-0.15, -0.1) is 0 Å². The second-order valence-electron chi connectivity index (χ2n) is 6.86. The molecule has 4 rings (SSSR count). The lowest BCUT2D eigenvalue weighted by molar-refractivity contribution is -0.126. The third-order valence-electron chi connectivity index (χ3n) is 5.19. The minimum absolute atomic E-state index is 0.319. The van der Waals surface area contributed by atoms with E-state index in [-0.39, 0.29) is 5.91 Å². The standard InChI is InChI=1S/C18H21ClN6O2/c1-10-9-25-14-15(23(3)18(27)22-16(14)26)21-17(25)24(10)8-7-20-13-6-4-5-12(19)11(13)2/h4-6,9,14-15,20H,7-8H2,1-3H3,(H,22,26,27). The number of fused-ring (bicyclic) bond motifs is 3. The summed E-state index contributed by atoms with van der Waals surface area (Å²) in [5.74, 6) is 0.379. The van der Waals surface area contributed by atoms with Gasteiger partial charge >= 0.3 is 6.03 Å². The molecule has 1 fully saturated rings. The van der Waals surface area contributed by atoms with E-state index in [0.717, 1.165) is 22.0 Å². The van der Waals surface area contributed by atoms with Crippen molar-refractivity contribution in [2.45, 2.75) is 26.1 Å². The molecule has 1 saturated heterocycles. The number of hydrogen-bond acceptors (Lipinski definition) is 6. The molecule has 9 heteroatoms. The Kier molecular flexibility index (Phi) is 4.22. The van der Waals surface area contributed by atoms with Crippen molar-refractivity contribution in [1.82, 2.24) is 20.0 Å². The van der Waals surface area contributed by atoms with Gasteiger partial charge in [0.2, 0.25) is 5.96 Å². The molecule has 0 saturated carbocycles. The number of anilines is 1. The number of halogens is 1. The molecule has 8 nitrogen and oxygen atoms in total.